The van der Waals surface area contributed by atoms with Crippen LogP contribution >= 0.6 is 11.3 Å². The van der Waals surface area contributed by atoms with E-state index in [0.717, 1.165) is 44.2 Å². The number of aromatic nitrogens is 6. The third kappa shape index (κ3) is 4.76. The van der Waals surface area contributed by atoms with Crippen LogP contribution in [0.25, 0.3) is 44.7 Å². The van der Waals surface area contributed by atoms with Gasteiger partial charge >= 0.3 is 0 Å². The Hall–Kier alpha value is -4.48. The Morgan fingerprint density at radius 2 is 1.63 bits per heavy atom. The van der Waals surface area contributed by atoms with Crippen LogP contribution in [-0.2, 0) is 17.1 Å². The molecule has 0 saturated heterocycles. The summed E-state index contributed by atoms with van der Waals surface area (Å²) in [6.07, 6.45) is 8.51. The summed E-state index contributed by atoms with van der Waals surface area (Å²) < 4.78 is 30.5. The maximum Gasteiger partial charge on any atom is 0.261 e. The second-order valence-corrected chi connectivity index (χ2v) is 11.4. The maximum atomic E-state index is 13.1. The number of hydrogen-bond donors (Lipinski definition) is 1. The fourth-order valence-corrected chi connectivity index (χ4v) is 5.71. The molecule has 6 rings (SSSR count). The van der Waals surface area contributed by atoms with Crippen molar-refractivity contribution in [3.05, 3.63) is 89.9 Å². The summed E-state index contributed by atoms with van der Waals surface area (Å²) in [5.74, 6) is 0. The Morgan fingerprint density at radius 3 is 2.37 bits per heavy atom. The molecule has 0 bridgehead atoms. The summed E-state index contributed by atoms with van der Waals surface area (Å²) in [5.41, 5.74) is 6.70. The lowest BCUT2D eigenvalue weighted by atomic mass is 10.1. The van der Waals surface area contributed by atoms with E-state index in [-0.39, 0.29) is 4.90 Å². The van der Waals surface area contributed by atoms with E-state index in [0.29, 0.717) is 11.2 Å². The van der Waals surface area contributed by atoms with Gasteiger partial charge < -0.3 is 0 Å². The van der Waals surface area contributed by atoms with Gasteiger partial charge in [0.05, 0.1) is 56.6 Å². The van der Waals surface area contributed by atoms with Crippen LogP contribution in [-0.4, -0.2) is 38.1 Å². The van der Waals surface area contributed by atoms with Crippen molar-refractivity contribution in [3.8, 4) is 33.6 Å². The number of thiazole rings is 1. The Bertz CT molecular complexity index is 1890. The predicted molar refractivity (Wildman–Crippen MR) is 148 cm³/mol. The van der Waals surface area contributed by atoms with Crippen molar-refractivity contribution in [3.63, 3.8) is 0 Å². The third-order valence-electron chi connectivity index (χ3n) is 5.95. The number of pyridine rings is 1. The Balaban J connectivity index is 1.26. The highest BCUT2D eigenvalue weighted by Crippen LogP contribution is 2.28. The van der Waals surface area contributed by atoms with E-state index >= 15 is 0 Å². The highest BCUT2D eigenvalue weighted by molar-refractivity contribution is 7.92. The summed E-state index contributed by atoms with van der Waals surface area (Å²) in [5, 5.41) is 7.11. The molecule has 188 valence electrons. The Morgan fingerprint density at radius 1 is 0.816 bits per heavy atom. The number of hydrogen-bond acceptors (Lipinski definition) is 8. The number of aryl methyl sites for hydroxylation is 2. The van der Waals surface area contributed by atoms with Crippen LogP contribution in [0.5, 0.6) is 0 Å². The smallest absolute Gasteiger partial charge is 0.261 e. The molecule has 0 aliphatic carbocycles. The van der Waals surface area contributed by atoms with Crippen molar-refractivity contribution < 1.29 is 8.42 Å². The van der Waals surface area contributed by atoms with Gasteiger partial charge in [-0.3, -0.25) is 19.4 Å². The maximum absolute atomic E-state index is 13.1. The van der Waals surface area contributed by atoms with Crippen LogP contribution < -0.4 is 4.72 Å². The average molecular weight is 540 g/mol. The van der Waals surface area contributed by atoms with Crippen molar-refractivity contribution in [1.82, 2.24) is 29.7 Å². The van der Waals surface area contributed by atoms with E-state index in [4.69, 9.17) is 4.98 Å². The molecule has 0 amide bonds. The zero-order chi connectivity index (χ0) is 26.3. The molecule has 38 heavy (non-hydrogen) atoms. The first-order valence-corrected chi connectivity index (χ1v) is 14.0. The molecule has 0 spiro atoms. The first-order chi connectivity index (χ1) is 18.3. The minimum atomic E-state index is -3.81. The number of nitrogens with one attached hydrogen (secondary N) is 1. The van der Waals surface area contributed by atoms with Gasteiger partial charge in [-0.05, 0) is 42.8 Å². The molecule has 0 fully saturated rings. The first kappa shape index (κ1) is 23.9. The second kappa shape index (κ2) is 9.43. The van der Waals surface area contributed by atoms with Gasteiger partial charge in [-0.25, -0.2) is 18.4 Å². The first-order valence-electron chi connectivity index (χ1n) is 11.6. The summed E-state index contributed by atoms with van der Waals surface area (Å²) in [4.78, 5) is 18.1. The lowest BCUT2D eigenvalue weighted by Gasteiger charge is -2.10. The number of rotatable bonds is 6. The van der Waals surface area contributed by atoms with Gasteiger partial charge in [0.25, 0.3) is 10.0 Å². The zero-order valence-electron chi connectivity index (χ0n) is 20.4. The molecule has 1 N–H and O–H groups in total. The monoisotopic (exact) mass is 539 g/mol. The number of nitrogens with zero attached hydrogens (tertiary/aromatic N) is 6. The van der Waals surface area contributed by atoms with Crippen LogP contribution in [0.3, 0.4) is 0 Å². The van der Waals surface area contributed by atoms with Crippen molar-refractivity contribution in [2.45, 2.75) is 11.8 Å². The van der Waals surface area contributed by atoms with Crippen LogP contribution in [0.2, 0.25) is 0 Å². The Labute approximate surface area is 223 Å². The highest BCUT2D eigenvalue weighted by Gasteiger charge is 2.16. The number of sulfonamides is 1. The predicted octanol–water partition coefficient (Wildman–Crippen LogP) is 5.33. The molecule has 0 saturated carbocycles. The summed E-state index contributed by atoms with van der Waals surface area (Å²) in [7, 11) is -1.96. The topological polar surface area (TPSA) is 116 Å². The van der Waals surface area contributed by atoms with Gasteiger partial charge in [0.1, 0.15) is 0 Å². The molecule has 9 nitrogen and oxygen atoms in total. The summed E-state index contributed by atoms with van der Waals surface area (Å²) >= 11 is 1.55. The van der Waals surface area contributed by atoms with Gasteiger partial charge in [0.2, 0.25) is 0 Å². The third-order valence-corrected chi connectivity index (χ3v) is 8.12. The van der Waals surface area contributed by atoms with Crippen LogP contribution in [0.4, 0.5) is 5.69 Å². The number of fused-ring (bicyclic) bond motifs is 1. The molecule has 6 aromatic rings. The molecular weight excluding hydrogens is 518 g/mol. The standard InChI is InChI=1S/C27H21N7O2S2/c1-17-31-27(16-37-17)18-3-6-23(7-4-18)38(35,36)33-22-9-20(11-28-13-22)19-5-8-24-25(10-19)32-26(14-29-24)21-12-30-34(2)15-21/h3-16,33H,1-2H3. The van der Waals surface area contributed by atoms with Gasteiger partial charge in [0, 0.05) is 41.5 Å². The molecule has 4 heterocycles. The van der Waals surface area contributed by atoms with E-state index < -0.39 is 10.0 Å². The van der Waals surface area contributed by atoms with Crippen molar-refractivity contribution >= 4 is 38.1 Å². The van der Waals surface area contributed by atoms with E-state index in [9.17, 15) is 8.42 Å². The number of anilines is 1. The molecule has 4 aromatic heterocycles. The lowest BCUT2D eigenvalue weighted by Crippen LogP contribution is -2.13. The molecule has 0 unspecified atom stereocenters. The molecule has 2 aromatic carbocycles. The van der Waals surface area contributed by atoms with Crippen LogP contribution in [0.15, 0.2) is 89.8 Å². The fourth-order valence-electron chi connectivity index (χ4n) is 4.05. The molecule has 0 aliphatic heterocycles. The van der Waals surface area contributed by atoms with E-state index in [1.54, 1.807) is 64.9 Å². The van der Waals surface area contributed by atoms with Gasteiger partial charge in [-0.15, -0.1) is 11.3 Å². The second-order valence-electron chi connectivity index (χ2n) is 8.71. The largest absolute Gasteiger partial charge is 0.278 e. The van der Waals surface area contributed by atoms with E-state index in [1.807, 2.05) is 43.7 Å². The van der Waals surface area contributed by atoms with Crippen molar-refractivity contribution in [2.75, 3.05) is 4.72 Å². The normalized spacial score (nSPS) is 11.6. The SMILES string of the molecule is Cc1nc(-c2ccc(S(=O)(=O)Nc3cncc(-c4ccc5ncc(-c6cnn(C)c6)nc5c4)c3)cc2)cs1. The molecular formula is C27H21N7O2S2. The minimum absolute atomic E-state index is 0.155. The quantitative estimate of drug-likeness (QED) is 0.304. The molecule has 11 heteroatoms. The molecule has 0 aliphatic rings. The Kier molecular flexibility index (Phi) is 5.93. The summed E-state index contributed by atoms with van der Waals surface area (Å²) in [6.45, 7) is 1.93. The summed E-state index contributed by atoms with van der Waals surface area (Å²) in [6, 6.07) is 14.1. The minimum Gasteiger partial charge on any atom is -0.278 e. The van der Waals surface area contributed by atoms with Crippen LogP contribution in [0, 0.1) is 6.92 Å². The fraction of sp³-hybridized carbons (Fsp3) is 0.0741. The van der Waals surface area contributed by atoms with Gasteiger partial charge in [-0.2, -0.15) is 5.10 Å². The highest BCUT2D eigenvalue weighted by atomic mass is 32.2. The zero-order valence-corrected chi connectivity index (χ0v) is 22.0. The molecule has 0 radical (unpaired) electrons. The van der Waals surface area contributed by atoms with Crippen molar-refractivity contribution in [1.29, 1.82) is 0 Å². The van der Waals surface area contributed by atoms with Gasteiger partial charge in [0.15, 0.2) is 0 Å². The average Bonchev–Trinajstić information content (AvgIpc) is 3.56. The van der Waals surface area contributed by atoms with Crippen molar-refractivity contribution in [2.24, 2.45) is 7.05 Å². The van der Waals surface area contributed by atoms with Gasteiger partial charge in [-0.1, -0.05) is 18.2 Å². The number of benzene rings is 2. The van der Waals surface area contributed by atoms with E-state index in [2.05, 4.69) is 24.8 Å². The van der Waals surface area contributed by atoms with E-state index in [1.165, 1.54) is 6.20 Å². The lowest BCUT2D eigenvalue weighted by molar-refractivity contribution is 0.601. The van der Waals surface area contributed by atoms with Crippen LogP contribution in [0.1, 0.15) is 5.01 Å². The molecule has 0 atom stereocenters.